The molecule has 0 aromatic heterocycles. The molecule has 3 heteroatoms. The van der Waals surface area contributed by atoms with Crippen LogP contribution in [0.3, 0.4) is 0 Å². The summed E-state index contributed by atoms with van der Waals surface area (Å²) in [5, 5.41) is 12.5. The molecule has 1 heterocycles. The molecule has 2 N–H and O–H groups in total. The van der Waals surface area contributed by atoms with E-state index in [-0.39, 0.29) is 12.1 Å². The smallest absolute Gasteiger partial charge is 0.0610 e. The van der Waals surface area contributed by atoms with E-state index in [9.17, 15) is 5.11 Å². The molecule has 108 valence electrons. The maximum absolute atomic E-state index is 9.32. The van der Waals surface area contributed by atoms with Gasteiger partial charge in [-0.25, -0.2) is 0 Å². The first-order valence-electron chi connectivity index (χ1n) is 7.53. The minimum atomic E-state index is -0.0935. The Labute approximate surface area is 113 Å². The number of nitrogens with one attached hydrogen (secondary N) is 1. The highest BCUT2D eigenvalue weighted by molar-refractivity contribution is 4.80. The van der Waals surface area contributed by atoms with Gasteiger partial charge in [0.15, 0.2) is 0 Å². The minimum absolute atomic E-state index is 0.0935. The molecular formula is C15H32N2O. The predicted octanol–water partition coefficient (Wildman–Crippen LogP) is 2.10. The summed E-state index contributed by atoms with van der Waals surface area (Å²) < 4.78 is 0. The van der Waals surface area contributed by atoms with Crippen molar-refractivity contribution in [2.24, 2.45) is 11.8 Å². The molecule has 1 saturated heterocycles. The van der Waals surface area contributed by atoms with Gasteiger partial charge in [0, 0.05) is 12.1 Å². The van der Waals surface area contributed by atoms with Crippen molar-refractivity contribution >= 4 is 0 Å². The van der Waals surface area contributed by atoms with Crippen molar-refractivity contribution in [2.75, 3.05) is 33.3 Å². The van der Waals surface area contributed by atoms with Gasteiger partial charge in [-0.3, -0.25) is 0 Å². The van der Waals surface area contributed by atoms with Crippen molar-refractivity contribution in [3.63, 3.8) is 0 Å². The summed E-state index contributed by atoms with van der Waals surface area (Å²) in [5.41, 5.74) is -0.0935. The van der Waals surface area contributed by atoms with E-state index in [0.29, 0.717) is 0 Å². The fourth-order valence-electron chi connectivity index (χ4n) is 2.69. The number of unbranched alkanes of at least 4 members (excludes halogenated alkanes) is 1. The van der Waals surface area contributed by atoms with Crippen molar-refractivity contribution < 1.29 is 5.11 Å². The zero-order valence-electron chi connectivity index (χ0n) is 12.7. The Kier molecular flexibility index (Phi) is 6.61. The highest BCUT2D eigenvalue weighted by Crippen LogP contribution is 2.22. The van der Waals surface area contributed by atoms with E-state index in [1.165, 1.54) is 38.9 Å². The Morgan fingerprint density at radius 1 is 1.28 bits per heavy atom. The Bertz CT molecular complexity index is 229. The van der Waals surface area contributed by atoms with E-state index >= 15 is 0 Å². The van der Waals surface area contributed by atoms with Gasteiger partial charge in [-0.1, -0.05) is 20.3 Å². The zero-order valence-corrected chi connectivity index (χ0v) is 12.7. The van der Waals surface area contributed by atoms with Gasteiger partial charge in [-0.05, 0) is 58.2 Å². The van der Waals surface area contributed by atoms with E-state index in [4.69, 9.17) is 0 Å². The van der Waals surface area contributed by atoms with Crippen LogP contribution in [-0.4, -0.2) is 48.8 Å². The first-order chi connectivity index (χ1) is 8.50. The molecule has 0 spiro atoms. The van der Waals surface area contributed by atoms with Crippen molar-refractivity contribution in [3.05, 3.63) is 0 Å². The molecule has 0 aromatic carbocycles. The molecule has 0 bridgehead atoms. The van der Waals surface area contributed by atoms with Gasteiger partial charge in [0.1, 0.15) is 0 Å². The second kappa shape index (κ2) is 7.46. The maximum Gasteiger partial charge on any atom is 0.0610 e. The first kappa shape index (κ1) is 15.9. The molecule has 0 aliphatic carbocycles. The zero-order chi connectivity index (χ0) is 13.6. The number of nitrogens with zero attached hydrogens (tertiary/aromatic N) is 1. The average Bonchev–Trinajstić information content (AvgIpc) is 2.38. The lowest BCUT2D eigenvalue weighted by Gasteiger charge is -2.35. The number of likely N-dealkylation sites (tertiary alicyclic amines) is 1. The SMILES string of the molecule is CNC(C)(CO)CCCCN1CCC(C)C(C)C1. The number of piperidine rings is 1. The summed E-state index contributed by atoms with van der Waals surface area (Å²) in [6.07, 6.45) is 4.85. The molecule has 18 heavy (non-hydrogen) atoms. The van der Waals surface area contributed by atoms with E-state index in [2.05, 4.69) is 31.0 Å². The number of hydrogen-bond acceptors (Lipinski definition) is 3. The van der Waals surface area contributed by atoms with Gasteiger partial charge in [0.05, 0.1) is 6.61 Å². The molecule has 3 atom stereocenters. The van der Waals surface area contributed by atoms with Gasteiger partial charge in [0.25, 0.3) is 0 Å². The van der Waals surface area contributed by atoms with Crippen LogP contribution in [0.2, 0.25) is 0 Å². The lowest BCUT2D eigenvalue weighted by molar-refractivity contribution is 0.132. The maximum atomic E-state index is 9.32. The lowest BCUT2D eigenvalue weighted by atomic mass is 9.88. The summed E-state index contributed by atoms with van der Waals surface area (Å²) >= 11 is 0. The molecule has 3 nitrogen and oxygen atoms in total. The van der Waals surface area contributed by atoms with E-state index in [1.807, 2.05) is 7.05 Å². The lowest BCUT2D eigenvalue weighted by Crippen LogP contribution is -2.43. The summed E-state index contributed by atoms with van der Waals surface area (Å²) in [6.45, 7) is 10.8. The number of likely N-dealkylation sites (N-methyl/N-ethyl adjacent to an activating group) is 1. The van der Waals surface area contributed by atoms with E-state index in [1.54, 1.807) is 0 Å². The van der Waals surface area contributed by atoms with Crippen molar-refractivity contribution in [1.82, 2.24) is 10.2 Å². The number of hydrogen-bond donors (Lipinski definition) is 2. The third-order valence-corrected chi connectivity index (χ3v) is 4.82. The summed E-state index contributed by atoms with van der Waals surface area (Å²) in [4.78, 5) is 2.61. The van der Waals surface area contributed by atoms with Crippen LogP contribution >= 0.6 is 0 Å². The monoisotopic (exact) mass is 256 g/mol. The Hall–Kier alpha value is -0.120. The van der Waals surface area contributed by atoms with Crippen LogP contribution < -0.4 is 5.32 Å². The largest absolute Gasteiger partial charge is 0.394 e. The van der Waals surface area contributed by atoms with E-state index < -0.39 is 0 Å². The fourth-order valence-corrected chi connectivity index (χ4v) is 2.69. The minimum Gasteiger partial charge on any atom is -0.394 e. The average molecular weight is 256 g/mol. The van der Waals surface area contributed by atoms with Crippen LogP contribution in [-0.2, 0) is 0 Å². The predicted molar refractivity (Wildman–Crippen MR) is 77.8 cm³/mol. The number of rotatable bonds is 7. The normalized spacial score (nSPS) is 29.2. The molecule has 0 saturated carbocycles. The molecule has 1 fully saturated rings. The quantitative estimate of drug-likeness (QED) is 0.685. The molecule has 0 amide bonds. The highest BCUT2D eigenvalue weighted by atomic mass is 16.3. The first-order valence-corrected chi connectivity index (χ1v) is 7.53. The summed E-state index contributed by atoms with van der Waals surface area (Å²) in [6, 6.07) is 0. The standard InChI is InChI=1S/C15H32N2O/c1-13-7-10-17(11-14(13)2)9-6-5-8-15(3,12-18)16-4/h13-14,16,18H,5-12H2,1-4H3. The molecule has 0 radical (unpaired) electrons. The van der Waals surface area contributed by atoms with Crippen LogP contribution in [0, 0.1) is 11.8 Å². The van der Waals surface area contributed by atoms with Crippen molar-refractivity contribution in [2.45, 2.75) is 52.0 Å². The number of aliphatic hydroxyl groups is 1. The van der Waals surface area contributed by atoms with Gasteiger partial charge < -0.3 is 15.3 Å². The number of aliphatic hydroxyl groups excluding tert-OH is 1. The van der Waals surface area contributed by atoms with Crippen molar-refractivity contribution in [1.29, 1.82) is 0 Å². The van der Waals surface area contributed by atoms with Gasteiger partial charge >= 0.3 is 0 Å². The fraction of sp³-hybridized carbons (Fsp3) is 1.00. The third kappa shape index (κ3) is 4.87. The molecule has 1 aliphatic rings. The third-order valence-electron chi connectivity index (χ3n) is 4.82. The van der Waals surface area contributed by atoms with Gasteiger partial charge in [-0.2, -0.15) is 0 Å². The molecular weight excluding hydrogens is 224 g/mol. The van der Waals surface area contributed by atoms with Crippen LogP contribution in [0.15, 0.2) is 0 Å². The van der Waals surface area contributed by atoms with Gasteiger partial charge in [0.2, 0.25) is 0 Å². The molecule has 1 rings (SSSR count). The van der Waals surface area contributed by atoms with Crippen LogP contribution in [0.25, 0.3) is 0 Å². The summed E-state index contributed by atoms with van der Waals surface area (Å²) in [7, 11) is 1.93. The van der Waals surface area contributed by atoms with Crippen LogP contribution in [0.4, 0.5) is 0 Å². The Balaban J connectivity index is 2.15. The van der Waals surface area contributed by atoms with Crippen LogP contribution in [0.1, 0.15) is 46.5 Å². The second-order valence-corrected chi connectivity index (χ2v) is 6.47. The molecule has 1 aliphatic heterocycles. The van der Waals surface area contributed by atoms with Crippen molar-refractivity contribution in [3.8, 4) is 0 Å². The Morgan fingerprint density at radius 3 is 2.56 bits per heavy atom. The topological polar surface area (TPSA) is 35.5 Å². The molecule has 3 unspecified atom stereocenters. The Morgan fingerprint density at radius 2 is 2.00 bits per heavy atom. The highest BCUT2D eigenvalue weighted by Gasteiger charge is 2.23. The second-order valence-electron chi connectivity index (χ2n) is 6.47. The van der Waals surface area contributed by atoms with E-state index in [0.717, 1.165) is 18.3 Å². The van der Waals surface area contributed by atoms with Crippen LogP contribution in [0.5, 0.6) is 0 Å². The summed E-state index contributed by atoms with van der Waals surface area (Å²) in [5.74, 6) is 1.74. The molecule has 0 aromatic rings. The van der Waals surface area contributed by atoms with Gasteiger partial charge in [-0.15, -0.1) is 0 Å².